The molecule has 2 aromatic rings. The lowest BCUT2D eigenvalue weighted by atomic mass is 10.2. The Kier molecular flexibility index (Phi) is 4.89. The average molecular weight is 323 g/mol. The first-order valence-corrected chi connectivity index (χ1v) is 6.81. The van der Waals surface area contributed by atoms with E-state index < -0.39 is 11.9 Å². The van der Waals surface area contributed by atoms with E-state index in [2.05, 4.69) is 19.4 Å². The quantitative estimate of drug-likeness (QED) is 0.834. The number of esters is 1. The van der Waals surface area contributed by atoms with Crippen LogP contribution in [0.15, 0.2) is 18.2 Å². The molecule has 22 heavy (non-hydrogen) atoms. The van der Waals surface area contributed by atoms with Crippen LogP contribution >= 0.6 is 11.5 Å². The minimum Gasteiger partial charge on any atom is -0.493 e. The van der Waals surface area contributed by atoms with Gasteiger partial charge in [0.05, 0.1) is 21.3 Å². The summed E-state index contributed by atoms with van der Waals surface area (Å²) in [7, 11) is 4.21. The SMILES string of the molecule is COC(=O)c1nsc(NC(=O)c2ccc(OC)c(OC)c2)n1. The maximum Gasteiger partial charge on any atom is 0.377 e. The average Bonchev–Trinajstić information content (AvgIpc) is 3.01. The summed E-state index contributed by atoms with van der Waals surface area (Å²) in [5.74, 6) is -0.225. The molecular weight excluding hydrogens is 310 g/mol. The predicted molar refractivity (Wildman–Crippen MR) is 78.7 cm³/mol. The van der Waals surface area contributed by atoms with Crippen molar-refractivity contribution >= 4 is 28.5 Å². The van der Waals surface area contributed by atoms with E-state index in [1.54, 1.807) is 12.1 Å². The van der Waals surface area contributed by atoms with Gasteiger partial charge in [-0.2, -0.15) is 9.36 Å². The molecule has 1 heterocycles. The van der Waals surface area contributed by atoms with Gasteiger partial charge in [-0.3, -0.25) is 10.1 Å². The molecule has 8 nitrogen and oxygen atoms in total. The van der Waals surface area contributed by atoms with Gasteiger partial charge in [0.15, 0.2) is 11.5 Å². The van der Waals surface area contributed by atoms with E-state index in [4.69, 9.17) is 9.47 Å². The number of carbonyl (C=O) groups is 2. The van der Waals surface area contributed by atoms with Crippen molar-refractivity contribution in [3.8, 4) is 11.5 Å². The lowest BCUT2D eigenvalue weighted by Crippen LogP contribution is -2.12. The van der Waals surface area contributed by atoms with Crippen LogP contribution in [0.5, 0.6) is 11.5 Å². The first-order chi connectivity index (χ1) is 10.6. The van der Waals surface area contributed by atoms with Crippen LogP contribution in [0, 0.1) is 0 Å². The van der Waals surface area contributed by atoms with Crippen molar-refractivity contribution < 1.29 is 23.8 Å². The summed E-state index contributed by atoms with van der Waals surface area (Å²) in [6, 6.07) is 4.74. The number of benzene rings is 1. The van der Waals surface area contributed by atoms with Gasteiger partial charge < -0.3 is 14.2 Å². The zero-order chi connectivity index (χ0) is 16.1. The molecule has 0 saturated heterocycles. The topological polar surface area (TPSA) is 99.6 Å². The summed E-state index contributed by atoms with van der Waals surface area (Å²) in [5.41, 5.74) is 0.354. The molecule has 0 aliphatic carbocycles. The summed E-state index contributed by atoms with van der Waals surface area (Å²) in [5, 5.41) is 2.74. The third-order valence-electron chi connectivity index (χ3n) is 2.66. The number of anilines is 1. The Balaban J connectivity index is 2.15. The first kappa shape index (κ1) is 15.7. The fourth-order valence-electron chi connectivity index (χ4n) is 1.60. The second-order valence-corrected chi connectivity index (χ2v) is 4.69. The fraction of sp³-hybridized carbons (Fsp3) is 0.231. The normalized spacial score (nSPS) is 9.95. The Bertz CT molecular complexity index is 701. The Labute approximate surface area is 130 Å². The Morgan fingerprint density at radius 1 is 1.14 bits per heavy atom. The van der Waals surface area contributed by atoms with Gasteiger partial charge in [-0.1, -0.05) is 0 Å². The summed E-state index contributed by atoms with van der Waals surface area (Å²) in [6.45, 7) is 0. The van der Waals surface area contributed by atoms with E-state index in [9.17, 15) is 9.59 Å². The molecule has 0 unspecified atom stereocenters. The lowest BCUT2D eigenvalue weighted by Gasteiger charge is -2.08. The first-order valence-electron chi connectivity index (χ1n) is 6.04. The van der Waals surface area contributed by atoms with Gasteiger partial charge >= 0.3 is 5.97 Å². The molecule has 1 aromatic heterocycles. The van der Waals surface area contributed by atoms with E-state index in [1.807, 2.05) is 0 Å². The van der Waals surface area contributed by atoms with Crippen LogP contribution < -0.4 is 14.8 Å². The standard InChI is InChI=1S/C13H13N3O5S/c1-19-8-5-4-7(6-9(8)20-2)11(17)15-13-14-10(16-22-13)12(18)21-3/h4-6H,1-3H3,(H,14,15,16,17). The highest BCUT2D eigenvalue weighted by molar-refractivity contribution is 7.10. The van der Waals surface area contributed by atoms with Gasteiger partial charge in [0, 0.05) is 17.1 Å². The highest BCUT2D eigenvalue weighted by Crippen LogP contribution is 2.27. The molecule has 1 amide bonds. The molecular formula is C13H13N3O5S. The number of nitrogens with zero attached hydrogens (tertiary/aromatic N) is 2. The molecule has 0 saturated carbocycles. The van der Waals surface area contributed by atoms with Crippen molar-refractivity contribution in [1.82, 2.24) is 9.36 Å². The van der Waals surface area contributed by atoms with Gasteiger partial charge in [-0.05, 0) is 18.2 Å². The van der Waals surface area contributed by atoms with Crippen LogP contribution in [0.4, 0.5) is 5.13 Å². The van der Waals surface area contributed by atoms with E-state index in [0.29, 0.717) is 17.1 Å². The van der Waals surface area contributed by atoms with Crippen LogP contribution in [-0.4, -0.2) is 42.6 Å². The van der Waals surface area contributed by atoms with Crippen molar-refractivity contribution in [2.45, 2.75) is 0 Å². The van der Waals surface area contributed by atoms with Crippen LogP contribution in [0.25, 0.3) is 0 Å². The molecule has 9 heteroatoms. The molecule has 2 rings (SSSR count). The smallest absolute Gasteiger partial charge is 0.377 e. The molecule has 0 spiro atoms. The Morgan fingerprint density at radius 2 is 1.86 bits per heavy atom. The molecule has 1 aromatic carbocycles. The van der Waals surface area contributed by atoms with Crippen molar-refractivity contribution in [3.63, 3.8) is 0 Å². The van der Waals surface area contributed by atoms with Gasteiger partial charge in [-0.15, -0.1) is 0 Å². The van der Waals surface area contributed by atoms with Gasteiger partial charge in [0.25, 0.3) is 11.7 Å². The zero-order valence-electron chi connectivity index (χ0n) is 12.1. The van der Waals surface area contributed by atoms with Crippen LogP contribution in [0.3, 0.4) is 0 Å². The number of hydrogen-bond donors (Lipinski definition) is 1. The summed E-state index contributed by atoms with van der Waals surface area (Å²) >= 11 is 0.884. The summed E-state index contributed by atoms with van der Waals surface area (Å²) < 4.78 is 18.5. The Morgan fingerprint density at radius 3 is 2.50 bits per heavy atom. The monoisotopic (exact) mass is 323 g/mol. The molecule has 1 N–H and O–H groups in total. The molecule has 0 fully saturated rings. The maximum atomic E-state index is 12.1. The predicted octanol–water partition coefficient (Wildman–Crippen LogP) is 1.59. The van der Waals surface area contributed by atoms with Crippen molar-refractivity contribution in [3.05, 3.63) is 29.6 Å². The number of ether oxygens (including phenoxy) is 3. The fourth-order valence-corrected chi connectivity index (χ4v) is 2.15. The second kappa shape index (κ2) is 6.85. The molecule has 0 bridgehead atoms. The third kappa shape index (κ3) is 3.31. The number of amides is 1. The summed E-state index contributed by atoms with van der Waals surface area (Å²) in [6.07, 6.45) is 0. The largest absolute Gasteiger partial charge is 0.493 e. The van der Waals surface area contributed by atoms with E-state index >= 15 is 0 Å². The second-order valence-electron chi connectivity index (χ2n) is 3.94. The van der Waals surface area contributed by atoms with Gasteiger partial charge in [0.1, 0.15) is 0 Å². The molecule has 0 aliphatic rings. The van der Waals surface area contributed by atoms with Gasteiger partial charge in [-0.25, -0.2) is 4.79 Å². The van der Waals surface area contributed by atoms with Crippen molar-refractivity contribution in [2.24, 2.45) is 0 Å². The number of hydrogen-bond acceptors (Lipinski definition) is 8. The van der Waals surface area contributed by atoms with E-state index in [1.165, 1.54) is 27.4 Å². The molecule has 0 aliphatic heterocycles. The zero-order valence-corrected chi connectivity index (χ0v) is 12.9. The maximum absolute atomic E-state index is 12.1. The molecule has 0 radical (unpaired) electrons. The highest BCUT2D eigenvalue weighted by Gasteiger charge is 2.16. The number of nitrogens with one attached hydrogen (secondary N) is 1. The highest BCUT2D eigenvalue weighted by atomic mass is 32.1. The number of rotatable bonds is 5. The van der Waals surface area contributed by atoms with Crippen LogP contribution in [-0.2, 0) is 4.74 Å². The molecule has 0 atom stereocenters. The Hall–Kier alpha value is -2.68. The van der Waals surface area contributed by atoms with E-state index in [-0.39, 0.29) is 11.0 Å². The summed E-state index contributed by atoms with van der Waals surface area (Å²) in [4.78, 5) is 27.3. The van der Waals surface area contributed by atoms with Crippen LogP contribution in [0.1, 0.15) is 21.0 Å². The lowest BCUT2D eigenvalue weighted by molar-refractivity contribution is 0.0588. The number of methoxy groups -OCH3 is 3. The number of aromatic nitrogens is 2. The van der Waals surface area contributed by atoms with Gasteiger partial charge in [0.2, 0.25) is 5.13 Å². The molecule has 116 valence electrons. The van der Waals surface area contributed by atoms with Crippen molar-refractivity contribution in [2.75, 3.05) is 26.6 Å². The van der Waals surface area contributed by atoms with Crippen molar-refractivity contribution in [1.29, 1.82) is 0 Å². The van der Waals surface area contributed by atoms with Crippen LogP contribution in [0.2, 0.25) is 0 Å². The third-order valence-corrected chi connectivity index (χ3v) is 3.29. The number of carbonyl (C=O) groups excluding carboxylic acids is 2. The van der Waals surface area contributed by atoms with E-state index in [0.717, 1.165) is 11.5 Å². The minimum atomic E-state index is -0.664. The minimum absolute atomic E-state index is 0.102.